The van der Waals surface area contributed by atoms with Crippen molar-refractivity contribution in [3.63, 3.8) is 0 Å². The normalized spacial score (nSPS) is 26.1. The smallest absolute Gasteiger partial charge is 0.267 e. The first-order valence-electron chi connectivity index (χ1n) is 9.48. The first-order valence-corrected chi connectivity index (χ1v) is 9.85. The number of amides is 3. The van der Waals surface area contributed by atoms with Crippen molar-refractivity contribution in [1.82, 2.24) is 10.6 Å². The molecule has 30 heavy (non-hydrogen) atoms. The van der Waals surface area contributed by atoms with E-state index < -0.39 is 40.8 Å². The molecule has 1 aliphatic heterocycles. The summed E-state index contributed by atoms with van der Waals surface area (Å²) in [7, 11) is 1.44. The highest BCUT2D eigenvalue weighted by Crippen LogP contribution is 2.39. The largest absolute Gasteiger partial charge is 0.368 e. The summed E-state index contributed by atoms with van der Waals surface area (Å²) in [4.78, 5) is 41.3. The Labute approximate surface area is 176 Å². The van der Waals surface area contributed by atoms with Crippen molar-refractivity contribution in [2.75, 3.05) is 19.0 Å². The SMILES string of the molecule is CNC(=O)C1=NCNC1(C(N)=O)C1CCC(C(=O)Nc2c(F)cc(F)cc2Cl)CC1. The molecule has 1 saturated carbocycles. The van der Waals surface area contributed by atoms with E-state index in [1.165, 1.54) is 7.05 Å². The summed E-state index contributed by atoms with van der Waals surface area (Å²) in [6.07, 6.45) is 1.61. The number of carbonyl (C=O) groups excluding carboxylic acids is 3. The maximum absolute atomic E-state index is 13.9. The van der Waals surface area contributed by atoms with Gasteiger partial charge < -0.3 is 16.4 Å². The highest BCUT2D eigenvalue weighted by Gasteiger charge is 2.54. The van der Waals surface area contributed by atoms with Crippen LogP contribution in [-0.2, 0) is 14.4 Å². The number of anilines is 1. The Morgan fingerprint density at radius 1 is 1.23 bits per heavy atom. The van der Waals surface area contributed by atoms with E-state index in [0.717, 1.165) is 6.07 Å². The molecule has 0 bridgehead atoms. The number of hydrogen-bond donors (Lipinski definition) is 4. The molecule has 1 aromatic rings. The van der Waals surface area contributed by atoms with Gasteiger partial charge in [-0.05, 0) is 37.7 Å². The van der Waals surface area contributed by atoms with Crippen LogP contribution in [0.5, 0.6) is 0 Å². The fraction of sp³-hybridized carbons (Fsp3) is 0.474. The molecule has 0 radical (unpaired) electrons. The quantitative estimate of drug-likeness (QED) is 0.550. The lowest BCUT2D eigenvalue weighted by Crippen LogP contribution is -2.65. The summed E-state index contributed by atoms with van der Waals surface area (Å²) in [6.45, 7) is 0.0917. The van der Waals surface area contributed by atoms with Gasteiger partial charge in [0.05, 0.1) is 17.4 Å². The molecular weight excluding hydrogens is 420 g/mol. The average Bonchev–Trinajstić information content (AvgIpc) is 3.16. The Morgan fingerprint density at radius 2 is 1.90 bits per heavy atom. The van der Waals surface area contributed by atoms with Gasteiger partial charge in [0, 0.05) is 19.0 Å². The molecule has 1 aromatic carbocycles. The predicted molar refractivity (Wildman–Crippen MR) is 107 cm³/mol. The van der Waals surface area contributed by atoms with Crippen LogP contribution in [0.25, 0.3) is 0 Å². The summed E-state index contributed by atoms with van der Waals surface area (Å²) < 4.78 is 27.1. The number of primary amides is 1. The van der Waals surface area contributed by atoms with Gasteiger partial charge in [-0.3, -0.25) is 24.7 Å². The zero-order valence-electron chi connectivity index (χ0n) is 16.2. The zero-order chi connectivity index (χ0) is 22.1. The molecule has 1 fully saturated rings. The Hall–Kier alpha value is -2.59. The molecule has 5 N–H and O–H groups in total. The first kappa shape index (κ1) is 22.1. The molecular formula is C19H22ClF2N5O3. The van der Waals surface area contributed by atoms with Crippen molar-refractivity contribution in [2.45, 2.75) is 31.2 Å². The first-order chi connectivity index (χ1) is 14.2. The Balaban J connectivity index is 1.71. The van der Waals surface area contributed by atoms with Gasteiger partial charge in [-0.15, -0.1) is 0 Å². The zero-order valence-corrected chi connectivity index (χ0v) is 17.0. The van der Waals surface area contributed by atoms with Crippen LogP contribution in [0.1, 0.15) is 25.7 Å². The number of nitrogens with two attached hydrogens (primary N) is 1. The van der Waals surface area contributed by atoms with E-state index in [2.05, 4.69) is 20.9 Å². The van der Waals surface area contributed by atoms with E-state index in [9.17, 15) is 23.2 Å². The van der Waals surface area contributed by atoms with E-state index in [-0.39, 0.29) is 29.0 Å². The molecule has 0 spiro atoms. The second-order valence-corrected chi connectivity index (χ2v) is 7.78. The second kappa shape index (κ2) is 8.65. The molecule has 1 atom stereocenters. The minimum Gasteiger partial charge on any atom is -0.368 e. The van der Waals surface area contributed by atoms with Crippen molar-refractivity contribution in [3.05, 3.63) is 28.8 Å². The van der Waals surface area contributed by atoms with Crippen molar-refractivity contribution in [3.8, 4) is 0 Å². The number of carbonyl (C=O) groups is 3. The van der Waals surface area contributed by atoms with Crippen LogP contribution in [0.4, 0.5) is 14.5 Å². The van der Waals surface area contributed by atoms with Gasteiger partial charge in [-0.2, -0.15) is 0 Å². The predicted octanol–water partition coefficient (Wildman–Crippen LogP) is 1.33. The number of halogens is 3. The third-order valence-electron chi connectivity index (χ3n) is 5.76. The maximum atomic E-state index is 13.9. The molecule has 162 valence electrons. The molecule has 2 aliphatic rings. The molecule has 3 amide bonds. The molecule has 1 aliphatic carbocycles. The van der Waals surface area contributed by atoms with Crippen molar-refractivity contribution in [2.24, 2.45) is 22.6 Å². The summed E-state index contributed by atoms with van der Waals surface area (Å²) in [5, 5.41) is 7.62. The van der Waals surface area contributed by atoms with Gasteiger partial charge in [0.15, 0.2) is 5.82 Å². The van der Waals surface area contributed by atoms with Gasteiger partial charge in [0.1, 0.15) is 17.1 Å². The molecule has 1 unspecified atom stereocenters. The van der Waals surface area contributed by atoms with Crippen molar-refractivity contribution < 1.29 is 23.2 Å². The van der Waals surface area contributed by atoms with E-state index >= 15 is 0 Å². The Morgan fingerprint density at radius 3 is 2.47 bits per heavy atom. The topological polar surface area (TPSA) is 126 Å². The second-order valence-electron chi connectivity index (χ2n) is 7.38. The lowest BCUT2D eigenvalue weighted by Gasteiger charge is -2.39. The van der Waals surface area contributed by atoms with Crippen LogP contribution in [-0.4, -0.2) is 42.7 Å². The van der Waals surface area contributed by atoms with Crippen LogP contribution in [0.15, 0.2) is 17.1 Å². The van der Waals surface area contributed by atoms with Crippen LogP contribution in [0.2, 0.25) is 5.02 Å². The Kier molecular flexibility index (Phi) is 6.37. The standard InChI is InChI=1S/C19H22ClF2N5O3/c1-24-17(29)15-19(18(23)30,26-8-25-15)10-4-2-9(3-5-10)16(28)27-14-12(20)6-11(21)7-13(14)22/h6-7,9-10,26H,2-5,8H2,1H3,(H2,23,30)(H,24,29)(H,27,28). The summed E-state index contributed by atoms with van der Waals surface area (Å²) in [5.74, 6) is -4.23. The minimum atomic E-state index is -1.39. The molecule has 1 heterocycles. The number of aliphatic imine (C=N–C) groups is 1. The van der Waals surface area contributed by atoms with E-state index in [4.69, 9.17) is 17.3 Å². The fourth-order valence-electron chi connectivity index (χ4n) is 4.24. The van der Waals surface area contributed by atoms with Crippen LogP contribution < -0.4 is 21.7 Å². The number of benzene rings is 1. The monoisotopic (exact) mass is 441 g/mol. The molecule has 8 nitrogen and oxygen atoms in total. The summed E-state index contributed by atoms with van der Waals surface area (Å²) >= 11 is 5.83. The van der Waals surface area contributed by atoms with Gasteiger partial charge in [-0.1, -0.05) is 11.6 Å². The third-order valence-corrected chi connectivity index (χ3v) is 6.06. The van der Waals surface area contributed by atoms with Gasteiger partial charge in [0.25, 0.3) is 5.91 Å². The molecule has 11 heteroatoms. The lowest BCUT2D eigenvalue weighted by atomic mass is 9.69. The summed E-state index contributed by atoms with van der Waals surface area (Å²) in [6, 6.07) is 1.56. The number of rotatable bonds is 5. The molecule has 3 rings (SSSR count). The van der Waals surface area contributed by atoms with E-state index in [1.54, 1.807) is 0 Å². The Bertz CT molecular complexity index is 894. The average molecular weight is 442 g/mol. The summed E-state index contributed by atoms with van der Waals surface area (Å²) in [5.41, 5.74) is 4.04. The molecule has 0 aromatic heterocycles. The number of hydrogen-bond acceptors (Lipinski definition) is 5. The highest BCUT2D eigenvalue weighted by molar-refractivity contribution is 6.47. The van der Waals surface area contributed by atoms with Crippen LogP contribution >= 0.6 is 11.6 Å². The minimum absolute atomic E-state index is 0.0468. The van der Waals surface area contributed by atoms with Gasteiger partial charge >= 0.3 is 0 Å². The number of nitrogens with zero attached hydrogens (tertiary/aromatic N) is 1. The molecule has 0 saturated heterocycles. The van der Waals surface area contributed by atoms with E-state index in [0.29, 0.717) is 31.7 Å². The highest BCUT2D eigenvalue weighted by atomic mass is 35.5. The van der Waals surface area contributed by atoms with E-state index in [1.807, 2.05) is 0 Å². The fourth-order valence-corrected chi connectivity index (χ4v) is 4.48. The van der Waals surface area contributed by atoms with Crippen molar-refractivity contribution in [1.29, 1.82) is 0 Å². The van der Waals surface area contributed by atoms with Crippen LogP contribution in [0, 0.1) is 23.5 Å². The van der Waals surface area contributed by atoms with Gasteiger partial charge in [0.2, 0.25) is 11.8 Å². The van der Waals surface area contributed by atoms with Crippen molar-refractivity contribution >= 4 is 40.7 Å². The third kappa shape index (κ3) is 3.89. The van der Waals surface area contributed by atoms with Crippen LogP contribution in [0.3, 0.4) is 0 Å². The number of nitrogens with one attached hydrogen (secondary N) is 3. The lowest BCUT2D eigenvalue weighted by molar-refractivity contribution is -0.126. The van der Waals surface area contributed by atoms with Gasteiger partial charge in [-0.25, -0.2) is 8.78 Å². The maximum Gasteiger partial charge on any atom is 0.267 e.